The van der Waals surface area contributed by atoms with Crippen LogP contribution in [-0.4, -0.2) is 29.3 Å². The summed E-state index contributed by atoms with van der Waals surface area (Å²) in [6, 6.07) is 16.9. The second kappa shape index (κ2) is 9.39. The highest BCUT2D eigenvalue weighted by Crippen LogP contribution is 2.47. The Balaban J connectivity index is 0.00000240. The molecule has 1 aliphatic rings. The van der Waals surface area contributed by atoms with Gasteiger partial charge in [-0.05, 0) is 42.7 Å². The topological polar surface area (TPSA) is 54.2 Å². The Labute approximate surface area is 187 Å². The second-order valence-electron chi connectivity index (χ2n) is 7.20. The van der Waals surface area contributed by atoms with E-state index in [0.29, 0.717) is 6.54 Å². The molecule has 152 valence electrons. The summed E-state index contributed by atoms with van der Waals surface area (Å²) < 4.78 is 15.4. The summed E-state index contributed by atoms with van der Waals surface area (Å²) >= 11 is 0. The third-order valence-corrected chi connectivity index (χ3v) is 5.23. The predicted molar refractivity (Wildman–Crippen MR) is 124 cm³/mol. The molecule has 1 fully saturated rings. The average molecular weight is 505 g/mol. The Bertz CT molecular complexity index is 966. The van der Waals surface area contributed by atoms with Crippen molar-refractivity contribution in [2.24, 2.45) is 4.99 Å². The molecule has 0 aliphatic heterocycles. The minimum absolute atomic E-state index is 0. The summed E-state index contributed by atoms with van der Waals surface area (Å²) in [5.41, 5.74) is 3.16. The molecular formula is C22H25FIN5. The fourth-order valence-corrected chi connectivity index (χ4v) is 3.37. The summed E-state index contributed by atoms with van der Waals surface area (Å²) in [5, 5.41) is 11.1. The van der Waals surface area contributed by atoms with Gasteiger partial charge in [-0.1, -0.05) is 30.3 Å². The molecule has 2 aromatic carbocycles. The Hall–Kier alpha value is -2.42. The van der Waals surface area contributed by atoms with Crippen LogP contribution in [0, 0.1) is 5.82 Å². The van der Waals surface area contributed by atoms with Crippen molar-refractivity contribution >= 4 is 29.9 Å². The Morgan fingerprint density at radius 3 is 2.62 bits per heavy atom. The summed E-state index contributed by atoms with van der Waals surface area (Å²) in [6.07, 6.45) is 5.97. The van der Waals surface area contributed by atoms with E-state index in [1.807, 2.05) is 53.5 Å². The number of hydrogen-bond donors (Lipinski definition) is 2. The van der Waals surface area contributed by atoms with Gasteiger partial charge in [0.05, 0.1) is 11.9 Å². The van der Waals surface area contributed by atoms with Crippen molar-refractivity contribution in [3.63, 3.8) is 0 Å². The largest absolute Gasteiger partial charge is 0.356 e. The molecule has 1 heterocycles. The second-order valence-corrected chi connectivity index (χ2v) is 7.20. The normalized spacial score (nSPS) is 14.8. The van der Waals surface area contributed by atoms with E-state index >= 15 is 0 Å². The van der Waals surface area contributed by atoms with E-state index in [9.17, 15) is 4.39 Å². The maximum absolute atomic E-state index is 13.6. The highest BCUT2D eigenvalue weighted by atomic mass is 127. The van der Waals surface area contributed by atoms with Crippen molar-refractivity contribution in [3.8, 4) is 5.69 Å². The molecule has 0 bridgehead atoms. The monoisotopic (exact) mass is 505 g/mol. The van der Waals surface area contributed by atoms with E-state index in [0.717, 1.165) is 42.2 Å². The Morgan fingerprint density at radius 1 is 1.14 bits per heavy atom. The van der Waals surface area contributed by atoms with Crippen LogP contribution >= 0.6 is 24.0 Å². The first kappa shape index (κ1) is 21.3. The number of halogens is 2. The SMILES string of the molecule is CN=C(NCc1cnn(-c2ccccc2)c1)NCC1(c2cccc(F)c2)CC1.I. The molecule has 0 radical (unpaired) electrons. The van der Waals surface area contributed by atoms with Crippen LogP contribution in [0.5, 0.6) is 0 Å². The van der Waals surface area contributed by atoms with Gasteiger partial charge >= 0.3 is 0 Å². The standard InChI is InChI=1S/C22H24FN5.HI/c1-24-21(26-16-22(10-11-22)18-6-5-7-19(23)12-18)25-13-17-14-27-28(15-17)20-8-3-2-4-9-20;/h2-9,12,14-15H,10-11,13,16H2,1H3,(H2,24,25,26);1H. The first-order chi connectivity index (χ1) is 13.7. The van der Waals surface area contributed by atoms with E-state index in [1.165, 1.54) is 6.07 Å². The molecule has 0 amide bonds. The number of hydrogen-bond acceptors (Lipinski definition) is 2. The van der Waals surface area contributed by atoms with Crippen LogP contribution < -0.4 is 10.6 Å². The van der Waals surface area contributed by atoms with Gasteiger partial charge in [0.15, 0.2) is 5.96 Å². The third-order valence-electron chi connectivity index (χ3n) is 5.23. The van der Waals surface area contributed by atoms with E-state index in [-0.39, 0.29) is 35.2 Å². The number of nitrogens with zero attached hydrogens (tertiary/aromatic N) is 3. The minimum Gasteiger partial charge on any atom is -0.356 e. The van der Waals surface area contributed by atoms with Gasteiger partial charge in [-0.25, -0.2) is 9.07 Å². The Morgan fingerprint density at radius 2 is 1.93 bits per heavy atom. The number of para-hydroxylation sites is 1. The maximum Gasteiger partial charge on any atom is 0.191 e. The molecule has 29 heavy (non-hydrogen) atoms. The average Bonchev–Trinajstić information content (AvgIpc) is 3.38. The van der Waals surface area contributed by atoms with E-state index in [1.54, 1.807) is 19.2 Å². The van der Waals surface area contributed by atoms with Gasteiger partial charge in [-0.2, -0.15) is 5.10 Å². The summed E-state index contributed by atoms with van der Waals surface area (Å²) in [4.78, 5) is 4.30. The molecule has 0 unspecified atom stereocenters. The molecular weight excluding hydrogens is 480 g/mol. The summed E-state index contributed by atoms with van der Waals surface area (Å²) in [6.45, 7) is 1.36. The quantitative estimate of drug-likeness (QED) is 0.302. The molecule has 2 N–H and O–H groups in total. The lowest BCUT2D eigenvalue weighted by Crippen LogP contribution is -2.40. The number of benzene rings is 2. The van der Waals surface area contributed by atoms with Crippen molar-refractivity contribution in [1.29, 1.82) is 0 Å². The van der Waals surface area contributed by atoms with Gasteiger partial charge in [0.2, 0.25) is 0 Å². The lowest BCUT2D eigenvalue weighted by Gasteiger charge is -2.19. The smallest absolute Gasteiger partial charge is 0.191 e. The lowest BCUT2D eigenvalue weighted by atomic mass is 9.96. The highest BCUT2D eigenvalue weighted by Gasteiger charge is 2.44. The van der Waals surface area contributed by atoms with Crippen molar-refractivity contribution in [2.75, 3.05) is 13.6 Å². The third kappa shape index (κ3) is 5.14. The van der Waals surface area contributed by atoms with Crippen LogP contribution in [0.2, 0.25) is 0 Å². The first-order valence-electron chi connectivity index (χ1n) is 9.48. The zero-order valence-corrected chi connectivity index (χ0v) is 18.6. The number of guanidine groups is 1. The number of aliphatic imine (C=N–C) groups is 1. The number of aromatic nitrogens is 2. The van der Waals surface area contributed by atoms with Crippen molar-refractivity contribution in [2.45, 2.75) is 24.8 Å². The van der Waals surface area contributed by atoms with E-state index in [4.69, 9.17) is 0 Å². The van der Waals surface area contributed by atoms with Crippen molar-refractivity contribution < 1.29 is 4.39 Å². The zero-order chi connectivity index (χ0) is 19.4. The molecule has 0 spiro atoms. The van der Waals surface area contributed by atoms with Crippen molar-refractivity contribution in [3.05, 3.63) is 83.9 Å². The van der Waals surface area contributed by atoms with Crippen LogP contribution in [0.1, 0.15) is 24.0 Å². The molecule has 1 aliphatic carbocycles. The van der Waals surface area contributed by atoms with Crippen LogP contribution in [0.25, 0.3) is 5.69 Å². The van der Waals surface area contributed by atoms with Gasteiger partial charge in [0.25, 0.3) is 0 Å². The van der Waals surface area contributed by atoms with Gasteiger partial charge in [0.1, 0.15) is 5.82 Å². The van der Waals surface area contributed by atoms with Crippen molar-refractivity contribution in [1.82, 2.24) is 20.4 Å². The predicted octanol–water partition coefficient (Wildman–Crippen LogP) is 4.03. The lowest BCUT2D eigenvalue weighted by molar-refractivity contribution is 0.607. The maximum atomic E-state index is 13.6. The fourth-order valence-electron chi connectivity index (χ4n) is 3.37. The van der Waals surface area contributed by atoms with Gasteiger partial charge in [-0.3, -0.25) is 4.99 Å². The molecule has 4 rings (SSSR count). The molecule has 3 aromatic rings. The molecule has 0 saturated heterocycles. The fraction of sp³-hybridized carbons (Fsp3) is 0.273. The Kier molecular flexibility index (Phi) is 6.89. The van der Waals surface area contributed by atoms with Crippen LogP contribution in [0.4, 0.5) is 4.39 Å². The van der Waals surface area contributed by atoms with Gasteiger partial charge < -0.3 is 10.6 Å². The van der Waals surface area contributed by atoms with Crippen LogP contribution in [-0.2, 0) is 12.0 Å². The summed E-state index contributed by atoms with van der Waals surface area (Å²) in [5.74, 6) is 0.553. The molecule has 1 aromatic heterocycles. The highest BCUT2D eigenvalue weighted by molar-refractivity contribution is 14.0. The molecule has 5 nitrogen and oxygen atoms in total. The summed E-state index contributed by atoms with van der Waals surface area (Å²) in [7, 11) is 1.75. The number of rotatable bonds is 6. The minimum atomic E-state index is -0.179. The molecule has 7 heteroatoms. The number of nitrogens with one attached hydrogen (secondary N) is 2. The molecule has 0 atom stereocenters. The van der Waals surface area contributed by atoms with Gasteiger partial charge in [0, 0.05) is 37.3 Å². The van der Waals surface area contributed by atoms with Gasteiger partial charge in [-0.15, -0.1) is 24.0 Å². The van der Waals surface area contributed by atoms with Crippen LogP contribution in [0.15, 0.2) is 72.0 Å². The first-order valence-corrected chi connectivity index (χ1v) is 9.48. The van der Waals surface area contributed by atoms with E-state index < -0.39 is 0 Å². The van der Waals surface area contributed by atoms with Crippen LogP contribution in [0.3, 0.4) is 0 Å². The molecule has 1 saturated carbocycles. The van der Waals surface area contributed by atoms with E-state index in [2.05, 4.69) is 20.7 Å². The zero-order valence-electron chi connectivity index (χ0n) is 16.3.